The van der Waals surface area contributed by atoms with E-state index < -0.39 is 23.1 Å². The Hall–Kier alpha value is -5.99. The molecule has 15 heteroatoms. The number of piperidine rings is 1. The van der Waals surface area contributed by atoms with Crippen molar-refractivity contribution in [2.45, 2.75) is 205 Å². The molecule has 3 heterocycles. The third-order valence-corrected chi connectivity index (χ3v) is 14.9. The van der Waals surface area contributed by atoms with Gasteiger partial charge in [-0.2, -0.15) is 0 Å². The molecule has 1 saturated carbocycles. The van der Waals surface area contributed by atoms with Gasteiger partial charge in [-0.15, -0.1) is 0 Å². The van der Waals surface area contributed by atoms with Crippen molar-refractivity contribution in [3.05, 3.63) is 125 Å². The van der Waals surface area contributed by atoms with E-state index in [4.69, 9.17) is 4.74 Å². The van der Waals surface area contributed by atoms with E-state index >= 15 is 4.39 Å². The third kappa shape index (κ3) is 15.3. The maximum atomic E-state index is 15.0. The number of H-pyrrole nitrogens is 2. The van der Waals surface area contributed by atoms with Crippen molar-refractivity contribution in [3.8, 4) is 0 Å². The average Bonchev–Trinajstić information content (AvgIpc) is 3.30. The van der Waals surface area contributed by atoms with Crippen molar-refractivity contribution in [2.24, 2.45) is 11.8 Å². The van der Waals surface area contributed by atoms with Gasteiger partial charge in [-0.1, -0.05) is 40.5 Å². The number of anilines is 2. The lowest BCUT2D eigenvalue weighted by molar-refractivity contribution is -0.00253. The highest BCUT2D eigenvalue weighted by atomic mass is 19.1. The van der Waals surface area contributed by atoms with E-state index in [0.29, 0.717) is 65.2 Å². The summed E-state index contributed by atoms with van der Waals surface area (Å²) >= 11 is 0. The fraction of sp³-hybridized carbons (Fsp3) is 0.583. The maximum absolute atomic E-state index is 15.0. The van der Waals surface area contributed by atoms with Crippen LogP contribution in [-0.4, -0.2) is 75.6 Å². The van der Waals surface area contributed by atoms with Gasteiger partial charge < -0.3 is 40.0 Å². The number of aromatic nitrogens is 2. The number of amides is 3. The number of rotatable bonds is 16. The quantitative estimate of drug-likeness (QED) is 0.0863. The number of carbonyl (C=O) groups is 3. The molecule has 75 heavy (non-hydrogen) atoms. The zero-order chi connectivity index (χ0) is 55.6. The van der Waals surface area contributed by atoms with Gasteiger partial charge in [-0.05, 0) is 192 Å². The highest BCUT2D eigenvalue weighted by Gasteiger charge is 2.39. The highest BCUT2D eigenvalue weighted by Crippen LogP contribution is 2.37. The Bertz CT molecular complexity index is 2740. The molecular formula is C60H87F2N7O6. The first-order valence-electron chi connectivity index (χ1n) is 27.4. The first-order valence-corrected chi connectivity index (χ1v) is 27.4. The number of carbonyl (C=O) groups excluding carboxylic acids is 3. The van der Waals surface area contributed by atoms with Gasteiger partial charge >= 0.3 is 6.09 Å². The molecule has 4 atom stereocenters. The summed E-state index contributed by atoms with van der Waals surface area (Å²) < 4.78 is 35.4. The predicted molar refractivity (Wildman–Crippen MR) is 298 cm³/mol. The molecule has 0 bridgehead atoms. The van der Waals surface area contributed by atoms with Crippen LogP contribution in [0, 0.1) is 51.2 Å². The molecule has 4 aromatic rings. The summed E-state index contributed by atoms with van der Waals surface area (Å²) in [6, 6.07) is 9.73. The van der Waals surface area contributed by atoms with E-state index in [9.17, 15) is 28.4 Å². The second-order valence-corrected chi connectivity index (χ2v) is 22.5. The van der Waals surface area contributed by atoms with Gasteiger partial charge in [0.05, 0.1) is 0 Å². The summed E-state index contributed by atoms with van der Waals surface area (Å²) in [7, 11) is 0. The van der Waals surface area contributed by atoms with Crippen LogP contribution in [0.1, 0.15) is 187 Å². The molecule has 0 spiro atoms. The molecule has 1 aliphatic carbocycles. The lowest BCUT2D eigenvalue weighted by Gasteiger charge is -2.47. The van der Waals surface area contributed by atoms with Crippen LogP contribution in [0.2, 0.25) is 0 Å². The molecule has 1 saturated heterocycles. The summed E-state index contributed by atoms with van der Waals surface area (Å²) in [5.41, 5.74) is 7.01. The molecule has 0 radical (unpaired) electrons. The van der Waals surface area contributed by atoms with E-state index in [2.05, 4.69) is 58.1 Å². The van der Waals surface area contributed by atoms with E-state index in [0.717, 1.165) is 78.8 Å². The monoisotopic (exact) mass is 1040 g/mol. The van der Waals surface area contributed by atoms with Gasteiger partial charge in [0.25, 0.3) is 22.9 Å². The summed E-state index contributed by atoms with van der Waals surface area (Å²) in [5.74, 6) is -0.443. The van der Waals surface area contributed by atoms with Crippen LogP contribution in [0.25, 0.3) is 0 Å². The van der Waals surface area contributed by atoms with Crippen molar-refractivity contribution in [1.29, 1.82) is 0 Å². The number of aromatic amines is 2. The number of benzene rings is 2. The number of ether oxygens (including phenoxy) is 1. The standard InChI is InChI=1S/C32H47FN4O4.C28H40FN3O2/c1-10-12-23-13-19(3)35-30(39)27(23)18-34-29(38)26-16-24(33)17-28(22(26)6)36(11-2)25-14-20(4)37(21(5)15-25)31(40)41-32(7,8)9;1-7-9-21-13-19(5)31-28(34)25(21)16-30-27(33)24-14-22(29)15-26(20(24)6)32(8-2)23-11-17(3)10-18(4)12-23/h13,16-17,20-21,25H,10-12,14-15,18H2,1-9H3,(H,34,38)(H,35,39);13-15,17-18,23H,7-12,16H2,1-6H3,(H,30,33)(H,31,34)/t20-,21-;17-,18-/m10/s1. The second-order valence-electron chi connectivity index (χ2n) is 22.5. The lowest BCUT2D eigenvalue weighted by atomic mass is 9.79. The number of aryl methyl sites for hydroxylation is 4. The normalized spacial score (nSPS) is 19.7. The molecular weight excluding hydrogens is 953 g/mol. The van der Waals surface area contributed by atoms with Crippen LogP contribution in [-0.2, 0) is 30.7 Å². The Morgan fingerprint density at radius 1 is 0.627 bits per heavy atom. The number of likely N-dealkylation sites (tertiary alicyclic amines) is 1. The number of nitrogens with zero attached hydrogens (tertiary/aromatic N) is 3. The average molecular weight is 1040 g/mol. The summed E-state index contributed by atoms with van der Waals surface area (Å²) in [4.78, 5) is 76.4. The molecule has 2 aromatic heterocycles. The van der Waals surface area contributed by atoms with Crippen LogP contribution in [0.4, 0.5) is 25.0 Å². The number of pyridine rings is 2. The van der Waals surface area contributed by atoms with Gasteiger partial charge in [0.2, 0.25) is 0 Å². The fourth-order valence-corrected chi connectivity index (χ4v) is 11.8. The third-order valence-electron chi connectivity index (χ3n) is 14.9. The van der Waals surface area contributed by atoms with E-state index in [1.807, 2.05) is 88.3 Å². The summed E-state index contributed by atoms with van der Waals surface area (Å²) in [5, 5.41) is 5.73. The van der Waals surface area contributed by atoms with Gasteiger partial charge in [-0.3, -0.25) is 19.2 Å². The SMILES string of the molecule is CCCc1cc(C)[nH]c(=O)c1CNC(=O)c1cc(F)cc(N(CC)C2C[C@@H](C)C[C@H](C)C2)c1C.CCCc1cc(C)[nH]c(=O)c1CNC(=O)c1cc(F)cc(N(CC)C2C[C@@H](C)N(C(=O)OC(C)(C)C)[C@H](C)C2)c1C. The zero-order valence-corrected chi connectivity index (χ0v) is 47.7. The van der Waals surface area contributed by atoms with Gasteiger partial charge in [0.1, 0.15) is 17.2 Å². The predicted octanol–water partition coefficient (Wildman–Crippen LogP) is 11.7. The molecule has 2 fully saturated rings. The highest BCUT2D eigenvalue weighted by molar-refractivity contribution is 5.98. The van der Waals surface area contributed by atoms with Crippen molar-refractivity contribution in [1.82, 2.24) is 25.5 Å². The molecule has 1 aliphatic heterocycles. The minimum absolute atomic E-state index is 0.0443. The number of nitrogens with one attached hydrogen (secondary N) is 4. The largest absolute Gasteiger partial charge is 0.444 e. The zero-order valence-electron chi connectivity index (χ0n) is 47.7. The van der Waals surface area contributed by atoms with Gasteiger partial charge in [0.15, 0.2) is 0 Å². The Morgan fingerprint density at radius 2 is 1.01 bits per heavy atom. The Balaban J connectivity index is 0.000000282. The molecule has 4 N–H and O–H groups in total. The molecule has 3 amide bonds. The first kappa shape index (κ1) is 59.9. The molecule has 2 aromatic carbocycles. The van der Waals surface area contributed by atoms with Crippen molar-refractivity contribution >= 4 is 29.3 Å². The summed E-state index contributed by atoms with van der Waals surface area (Å²) in [6.45, 7) is 31.3. The van der Waals surface area contributed by atoms with Crippen molar-refractivity contribution in [3.63, 3.8) is 0 Å². The van der Waals surface area contributed by atoms with Crippen LogP contribution in [0.5, 0.6) is 0 Å². The van der Waals surface area contributed by atoms with Gasteiger partial charge in [0, 0.05) is 95.4 Å². The fourth-order valence-electron chi connectivity index (χ4n) is 11.8. The molecule has 13 nitrogen and oxygen atoms in total. The van der Waals surface area contributed by atoms with Crippen LogP contribution >= 0.6 is 0 Å². The van der Waals surface area contributed by atoms with E-state index in [1.54, 1.807) is 11.0 Å². The second kappa shape index (κ2) is 26.2. The number of hydrogen-bond acceptors (Lipinski definition) is 8. The van der Waals surface area contributed by atoms with Gasteiger partial charge in [-0.25, -0.2) is 13.6 Å². The number of halogens is 2. The minimum atomic E-state index is -0.580. The van der Waals surface area contributed by atoms with Crippen molar-refractivity contribution in [2.75, 3.05) is 22.9 Å². The van der Waals surface area contributed by atoms with Crippen LogP contribution in [0.3, 0.4) is 0 Å². The van der Waals surface area contributed by atoms with E-state index in [-0.39, 0.29) is 59.9 Å². The maximum Gasteiger partial charge on any atom is 0.410 e. The smallest absolute Gasteiger partial charge is 0.410 e. The molecule has 6 rings (SSSR count). The first-order chi connectivity index (χ1) is 35.3. The van der Waals surface area contributed by atoms with Crippen LogP contribution < -0.4 is 31.6 Å². The molecule has 0 unspecified atom stereocenters. The minimum Gasteiger partial charge on any atom is -0.444 e. The Labute approximate surface area is 445 Å². The lowest BCUT2D eigenvalue weighted by Crippen LogP contribution is -2.56. The molecule has 2 aliphatic rings. The van der Waals surface area contributed by atoms with E-state index in [1.165, 1.54) is 24.6 Å². The number of hydrogen-bond donors (Lipinski definition) is 4. The Kier molecular flexibility index (Phi) is 20.9. The summed E-state index contributed by atoms with van der Waals surface area (Å²) in [6.07, 6.45) is 7.70. The van der Waals surface area contributed by atoms with Crippen molar-refractivity contribution < 1.29 is 27.9 Å². The Morgan fingerprint density at radius 3 is 1.37 bits per heavy atom. The topological polar surface area (TPSA) is 160 Å². The van der Waals surface area contributed by atoms with Crippen LogP contribution in [0.15, 0.2) is 46.0 Å². The molecule has 412 valence electrons.